The van der Waals surface area contributed by atoms with E-state index in [4.69, 9.17) is 0 Å². The Morgan fingerprint density at radius 2 is 1.67 bits per heavy atom. The van der Waals surface area contributed by atoms with Gasteiger partial charge in [0.25, 0.3) is 0 Å². The summed E-state index contributed by atoms with van der Waals surface area (Å²) in [6, 6.07) is 13.1. The molecule has 2 aromatic carbocycles. The van der Waals surface area contributed by atoms with Crippen molar-refractivity contribution >= 4 is 29.9 Å². The van der Waals surface area contributed by atoms with Crippen molar-refractivity contribution < 1.29 is 13.2 Å². The largest absolute Gasteiger partial charge is 0.416 e. The molecule has 30 heavy (non-hydrogen) atoms. The van der Waals surface area contributed by atoms with Gasteiger partial charge in [0.1, 0.15) is 12.7 Å². The SMILES string of the molecule is CN=C(NCc1ccc(C(F)(F)F)cc1)NCc1cccc(Cn2cncn2)c1.I. The Kier molecular flexibility index (Phi) is 8.63. The van der Waals surface area contributed by atoms with E-state index in [9.17, 15) is 13.2 Å². The van der Waals surface area contributed by atoms with Crippen LogP contribution in [0, 0.1) is 0 Å². The van der Waals surface area contributed by atoms with Crippen LogP contribution in [-0.2, 0) is 25.8 Å². The van der Waals surface area contributed by atoms with Gasteiger partial charge in [-0.15, -0.1) is 24.0 Å². The molecule has 0 saturated heterocycles. The van der Waals surface area contributed by atoms with Gasteiger partial charge in [0.15, 0.2) is 5.96 Å². The number of halogens is 4. The van der Waals surface area contributed by atoms with Gasteiger partial charge < -0.3 is 10.6 Å². The first-order chi connectivity index (χ1) is 13.9. The van der Waals surface area contributed by atoms with E-state index in [1.165, 1.54) is 18.5 Å². The number of guanidine groups is 1. The second-order valence-corrected chi connectivity index (χ2v) is 6.39. The van der Waals surface area contributed by atoms with Crippen LogP contribution in [0.25, 0.3) is 0 Å². The highest BCUT2D eigenvalue weighted by molar-refractivity contribution is 14.0. The molecule has 3 rings (SSSR count). The van der Waals surface area contributed by atoms with Gasteiger partial charge in [-0.2, -0.15) is 18.3 Å². The quantitative estimate of drug-likeness (QED) is 0.289. The molecule has 160 valence electrons. The van der Waals surface area contributed by atoms with Crippen molar-refractivity contribution in [3.63, 3.8) is 0 Å². The molecule has 0 radical (unpaired) electrons. The molecule has 0 spiro atoms. The van der Waals surface area contributed by atoms with E-state index in [1.807, 2.05) is 18.2 Å². The number of aromatic nitrogens is 3. The van der Waals surface area contributed by atoms with Crippen LogP contribution in [0.15, 0.2) is 66.2 Å². The van der Waals surface area contributed by atoms with Crippen LogP contribution in [0.3, 0.4) is 0 Å². The van der Waals surface area contributed by atoms with Crippen molar-refractivity contribution in [2.75, 3.05) is 7.05 Å². The minimum Gasteiger partial charge on any atom is -0.352 e. The Balaban J connectivity index is 0.00000320. The van der Waals surface area contributed by atoms with Crippen molar-refractivity contribution in [1.82, 2.24) is 25.4 Å². The number of nitrogens with one attached hydrogen (secondary N) is 2. The first kappa shape index (κ1) is 23.6. The molecule has 0 atom stereocenters. The van der Waals surface area contributed by atoms with Gasteiger partial charge in [0, 0.05) is 20.1 Å². The Hall–Kier alpha value is -2.63. The van der Waals surface area contributed by atoms with Gasteiger partial charge in [0.2, 0.25) is 0 Å². The highest BCUT2D eigenvalue weighted by Gasteiger charge is 2.29. The van der Waals surface area contributed by atoms with Crippen molar-refractivity contribution in [3.05, 3.63) is 83.4 Å². The lowest BCUT2D eigenvalue weighted by molar-refractivity contribution is -0.137. The summed E-state index contributed by atoms with van der Waals surface area (Å²) in [6.45, 7) is 1.55. The average molecular weight is 530 g/mol. The molecule has 0 aliphatic carbocycles. The van der Waals surface area contributed by atoms with E-state index in [2.05, 4.69) is 31.8 Å². The van der Waals surface area contributed by atoms with Gasteiger partial charge >= 0.3 is 6.18 Å². The molecule has 2 N–H and O–H groups in total. The van der Waals surface area contributed by atoms with Crippen molar-refractivity contribution in [1.29, 1.82) is 0 Å². The monoisotopic (exact) mass is 530 g/mol. The highest BCUT2D eigenvalue weighted by Crippen LogP contribution is 2.29. The Morgan fingerprint density at radius 1 is 1.00 bits per heavy atom. The summed E-state index contributed by atoms with van der Waals surface area (Å²) < 4.78 is 39.6. The molecule has 1 heterocycles. The Bertz CT molecular complexity index is 940. The van der Waals surface area contributed by atoms with E-state index < -0.39 is 11.7 Å². The molecule has 0 bridgehead atoms. The lowest BCUT2D eigenvalue weighted by Crippen LogP contribution is -2.36. The van der Waals surface area contributed by atoms with E-state index in [0.29, 0.717) is 25.6 Å². The zero-order valence-electron chi connectivity index (χ0n) is 16.2. The molecule has 1 aromatic heterocycles. The Labute approximate surface area is 189 Å². The summed E-state index contributed by atoms with van der Waals surface area (Å²) >= 11 is 0. The highest BCUT2D eigenvalue weighted by atomic mass is 127. The summed E-state index contributed by atoms with van der Waals surface area (Å²) in [6.07, 6.45) is -1.17. The maximum absolute atomic E-state index is 12.6. The summed E-state index contributed by atoms with van der Waals surface area (Å²) in [5.41, 5.74) is 2.24. The van der Waals surface area contributed by atoms with Crippen LogP contribution >= 0.6 is 24.0 Å². The fourth-order valence-electron chi connectivity index (χ4n) is 2.74. The first-order valence-electron chi connectivity index (χ1n) is 8.95. The number of hydrogen-bond donors (Lipinski definition) is 2. The molecular formula is C20H22F3IN6. The zero-order valence-corrected chi connectivity index (χ0v) is 18.6. The van der Waals surface area contributed by atoms with Gasteiger partial charge in [-0.1, -0.05) is 36.4 Å². The number of benzene rings is 2. The molecule has 6 nitrogen and oxygen atoms in total. The van der Waals surface area contributed by atoms with Crippen LogP contribution in [0.4, 0.5) is 13.2 Å². The number of aliphatic imine (C=N–C) groups is 1. The predicted octanol–water partition coefficient (Wildman–Crippen LogP) is 3.83. The normalized spacial score (nSPS) is 11.7. The minimum absolute atomic E-state index is 0. The molecule has 0 aliphatic heterocycles. The third-order valence-corrected chi connectivity index (χ3v) is 4.23. The number of rotatable bonds is 6. The second kappa shape index (κ2) is 11.0. The first-order valence-corrected chi connectivity index (χ1v) is 8.95. The summed E-state index contributed by atoms with van der Waals surface area (Å²) in [5.74, 6) is 0.562. The molecule has 10 heteroatoms. The lowest BCUT2D eigenvalue weighted by Gasteiger charge is -2.13. The summed E-state index contributed by atoms with van der Waals surface area (Å²) in [5, 5.41) is 10.4. The second-order valence-electron chi connectivity index (χ2n) is 6.39. The fraction of sp³-hybridized carbons (Fsp3) is 0.250. The smallest absolute Gasteiger partial charge is 0.352 e. The average Bonchev–Trinajstić information content (AvgIpc) is 3.21. The summed E-state index contributed by atoms with van der Waals surface area (Å²) in [7, 11) is 1.64. The molecule has 0 amide bonds. The standard InChI is InChI=1S/C20H21F3N6.HI/c1-24-19(26-10-15-5-7-18(8-6-15)20(21,22)23)27-11-16-3-2-4-17(9-16)12-29-14-25-13-28-29;/h2-9,13-14H,10-12H2,1H3,(H2,24,26,27);1H. The number of hydrogen-bond acceptors (Lipinski definition) is 3. The van der Waals surface area contributed by atoms with Crippen LogP contribution < -0.4 is 10.6 Å². The lowest BCUT2D eigenvalue weighted by atomic mass is 10.1. The van der Waals surface area contributed by atoms with Gasteiger partial charge in [-0.05, 0) is 28.8 Å². The molecular weight excluding hydrogens is 508 g/mol. The number of alkyl halides is 3. The topological polar surface area (TPSA) is 67.1 Å². The third-order valence-electron chi connectivity index (χ3n) is 4.23. The number of nitrogens with zero attached hydrogens (tertiary/aromatic N) is 4. The molecule has 3 aromatic rings. The van der Waals surface area contributed by atoms with Crippen LogP contribution in [0.1, 0.15) is 22.3 Å². The van der Waals surface area contributed by atoms with Gasteiger partial charge in [0.05, 0.1) is 12.1 Å². The molecule has 0 unspecified atom stereocenters. The van der Waals surface area contributed by atoms with E-state index in [0.717, 1.165) is 28.8 Å². The maximum Gasteiger partial charge on any atom is 0.416 e. The van der Waals surface area contributed by atoms with Crippen LogP contribution in [0.5, 0.6) is 0 Å². The molecule has 0 fully saturated rings. The van der Waals surface area contributed by atoms with E-state index in [1.54, 1.807) is 18.1 Å². The van der Waals surface area contributed by atoms with Gasteiger partial charge in [-0.25, -0.2) is 9.67 Å². The minimum atomic E-state index is -4.33. The Morgan fingerprint density at radius 3 is 2.27 bits per heavy atom. The molecule has 0 saturated carbocycles. The van der Waals surface area contributed by atoms with Crippen molar-refractivity contribution in [2.24, 2.45) is 4.99 Å². The predicted molar refractivity (Wildman–Crippen MR) is 119 cm³/mol. The van der Waals surface area contributed by atoms with E-state index >= 15 is 0 Å². The zero-order chi connectivity index (χ0) is 20.7. The molecule has 0 aliphatic rings. The van der Waals surface area contributed by atoms with Crippen LogP contribution in [0.2, 0.25) is 0 Å². The maximum atomic E-state index is 12.6. The third kappa shape index (κ3) is 7.01. The van der Waals surface area contributed by atoms with Crippen molar-refractivity contribution in [3.8, 4) is 0 Å². The van der Waals surface area contributed by atoms with E-state index in [-0.39, 0.29) is 24.0 Å². The summed E-state index contributed by atoms with van der Waals surface area (Å²) in [4.78, 5) is 8.08. The van der Waals surface area contributed by atoms with Crippen molar-refractivity contribution in [2.45, 2.75) is 25.8 Å². The van der Waals surface area contributed by atoms with Gasteiger partial charge in [-0.3, -0.25) is 4.99 Å². The fourth-order valence-corrected chi connectivity index (χ4v) is 2.74. The van der Waals surface area contributed by atoms with Crippen LogP contribution in [-0.4, -0.2) is 27.8 Å².